The summed E-state index contributed by atoms with van der Waals surface area (Å²) in [5, 5.41) is 9.00. The Bertz CT molecular complexity index is 838. The van der Waals surface area contributed by atoms with E-state index in [-0.39, 0.29) is 12.2 Å². The van der Waals surface area contributed by atoms with Gasteiger partial charge in [0.1, 0.15) is 5.75 Å². The average molecular weight is 356 g/mol. The first kappa shape index (κ1) is 19.1. The number of hydrogen-bond acceptors (Lipinski definition) is 5. The van der Waals surface area contributed by atoms with Gasteiger partial charge in [0.05, 0.1) is 27.8 Å². The van der Waals surface area contributed by atoms with Gasteiger partial charge in [-0.2, -0.15) is 0 Å². The third-order valence-electron chi connectivity index (χ3n) is 3.75. The van der Waals surface area contributed by atoms with E-state index in [4.69, 9.17) is 19.3 Å². The van der Waals surface area contributed by atoms with E-state index in [9.17, 15) is 9.59 Å². The zero-order valence-corrected chi connectivity index (χ0v) is 14.8. The van der Waals surface area contributed by atoms with Gasteiger partial charge in [-0.15, -0.1) is 0 Å². The molecule has 2 aromatic carbocycles. The first-order valence-electron chi connectivity index (χ1n) is 7.82. The molecule has 0 aliphatic rings. The number of para-hydroxylation sites is 1. The van der Waals surface area contributed by atoms with Gasteiger partial charge in [0.25, 0.3) is 0 Å². The highest BCUT2D eigenvalue weighted by atomic mass is 16.5. The number of aliphatic carboxylic acids is 1. The summed E-state index contributed by atoms with van der Waals surface area (Å²) >= 11 is 0. The molecule has 2 aromatic rings. The maximum Gasteiger partial charge on any atom is 0.307 e. The minimum Gasteiger partial charge on any atom is -0.496 e. The predicted octanol–water partition coefficient (Wildman–Crippen LogP) is 3.24. The monoisotopic (exact) mass is 356 g/mol. The van der Waals surface area contributed by atoms with Gasteiger partial charge in [0, 0.05) is 16.7 Å². The molecule has 0 aliphatic carbocycles. The third kappa shape index (κ3) is 4.42. The number of carbonyl (C=O) groups is 2. The second kappa shape index (κ2) is 8.71. The van der Waals surface area contributed by atoms with Crippen LogP contribution in [0.2, 0.25) is 0 Å². The first-order valence-corrected chi connectivity index (χ1v) is 7.82. The molecule has 0 aromatic heterocycles. The van der Waals surface area contributed by atoms with Gasteiger partial charge in [-0.05, 0) is 36.4 Å². The Hall–Kier alpha value is -3.28. The standard InChI is InChI=1S/C20H20O6/c1-24-17-10-8-14(11-15(17)12-19(22)23)16(21)9-7-13-5-4-6-18(25-2)20(13)26-3/h4-11H,12H2,1-3H3,(H,22,23). The van der Waals surface area contributed by atoms with E-state index < -0.39 is 5.97 Å². The molecular weight excluding hydrogens is 336 g/mol. The van der Waals surface area contributed by atoms with Crippen LogP contribution in [-0.4, -0.2) is 38.2 Å². The zero-order valence-electron chi connectivity index (χ0n) is 14.8. The predicted molar refractivity (Wildman–Crippen MR) is 97.2 cm³/mol. The summed E-state index contributed by atoms with van der Waals surface area (Å²) in [5.41, 5.74) is 1.51. The van der Waals surface area contributed by atoms with Crippen LogP contribution in [0.5, 0.6) is 17.2 Å². The molecule has 0 heterocycles. The minimum absolute atomic E-state index is 0.224. The molecule has 0 radical (unpaired) electrons. The van der Waals surface area contributed by atoms with E-state index >= 15 is 0 Å². The molecule has 0 spiro atoms. The van der Waals surface area contributed by atoms with Crippen molar-refractivity contribution in [1.82, 2.24) is 0 Å². The number of methoxy groups -OCH3 is 3. The van der Waals surface area contributed by atoms with Crippen LogP contribution < -0.4 is 14.2 Å². The van der Waals surface area contributed by atoms with Gasteiger partial charge >= 0.3 is 5.97 Å². The van der Waals surface area contributed by atoms with Crippen molar-refractivity contribution < 1.29 is 28.9 Å². The number of carboxylic acid groups (broad SMARTS) is 1. The summed E-state index contributed by atoms with van der Waals surface area (Å²) in [6.07, 6.45) is 2.81. The molecule has 0 bridgehead atoms. The molecular formula is C20H20O6. The van der Waals surface area contributed by atoms with Crippen molar-refractivity contribution >= 4 is 17.8 Å². The van der Waals surface area contributed by atoms with Crippen molar-refractivity contribution in [3.8, 4) is 17.2 Å². The molecule has 0 fully saturated rings. The number of ether oxygens (including phenoxy) is 3. The Balaban J connectivity index is 2.30. The van der Waals surface area contributed by atoms with Crippen molar-refractivity contribution in [3.63, 3.8) is 0 Å². The number of ketones is 1. The van der Waals surface area contributed by atoms with Gasteiger partial charge in [0.15, 0.2) is 17.3 Å². The molecule has 26 heavy (non-hydrogen) atoms. The fourth-order valence-electron chi connectivity index (χ4n) is 2.54. The summed E-state index contributed by atoms with van der Waals surface area (Å²) in [4.78, 5) is 23.4. The number of allylic oxidation sites excluding steroid dienone is 1. The van der Waals surface area contributed by atoms with Gasteiger partial charge in [0.2, 0.25) is 0 Å². The molecule has 136 valence electrons. The highest BCUT2D eigenvalue weighted by Crippen LogP contribution is 2.31. The van der Waals surface area contributed by atoms with Crippen molar-refractivity contribution in [1.29, 1.82) is 0 Å². The smallest absolute Gasteiger partial charge is 0.307 e. The summed E-state index contributed by atoms with van der Waals surface area (Å²) in [6.45, 7) is 0. The van der Waals surface area contributed by atoms with Crippen molar-refractivity contribution in [2.24, 2.45) is 0 Å². The second-order valence-electron chi connectivity index (χ2n) is 5.38. The number of benzene rings is 2. The highest BCUT2D eigenvalue weighted by molar-refractivity contribution is 6.07. The lowest BCUT2D eigenvalue weighted by Crippen LogP contribution is -2.04. The van der Waals surface area contributed by atoms with E-state index in [1.165, 1.54) is 33.5 Å². The Kier molecular flexibility index (Phi) is 6.38. The number of carboxylic acids is 1. The Labute approximate surface area is 151 Å². The van der Waals surface area contributed by atoms with E-state index in [1.54, 1.807) is 36.4 Å². The van der Waals surface area contributed by atoms with Crippen LogP contribution in [0.1, 0.15) is 21.5 Å². The highest BCUT2D eigenvalue weighted by Gasteiger charge is 2.12. The fourth-order valence-corrected chi connectivity index (χ4v) is 2.54. The summed E-state index contributed by atoms with van der Waals surface area (Å²) < 4.78 is 15.7. The molecule has 0 saturated carbocycles. The molecule has 0 aliphatic heterocycles. The maximum absolute atomic E-state index is 12.5. The van der Waals surface area contributed by atoms with Crippen LogP contribution in [0.25, 0.3) is 6.08 Å². The summed E-state index contributed by atoms with van der Waals surface area (Å²) in [5.74, 6) is 0.270. The van der Waals surface area contributed by atoms with Crippen LogP contribution in [0.4, 0.5) is 0 Å². The molecule has 0 unspecified atom stereocenters. The van der Waals surface area contributed by atoms with Gasteiger partial charge < -0.3 is 19.3 Å². The van der Waals surface area contributed by atoms with E-state index in [1.807, 2.05) is 0 Å². The van der Waals surface area contributed by atoms with Crippen molar-refractivity contribution in [2.45, 2.75) is 6.42 Å². The number of carbonyl (C=O) groups excluding carboxylic acids is 1. The van der Waals surface area contributed by atoms with Crippen molar-refractivity contribution in [3.05, 3.63) is 59.2 Å². The molecule has 0 amide bonds. The molecule has 6 heteroatoms. The lowest BCUT2D eigenvalue weighted by Gasteiger charge is -2.10. The Morgan fingerprint density at radius 1 is 1.00 bits per heavy atom. The lowest BCUT2D eigenvalue weighted by molar-refractivity contribution is -0.136. The Morgan fingerprint density at radius 3 is 2.35 bits per heavy atom. The van der Waals surface area contributed by atoms with Gasteiger partial charge in [-0.1, -0.05) is 12.1 Å². The molecule has 1 N–H and O–H groups in total. The molecule has 2 rings (SSSR count). The summed E-state index contributed by atoms with van der Waals surface area (Å²) in [6, 6.07) is 10.1. The van der Waals surface area contributed by atoms with Gasteiger partial charge in [-0.25, -0.2) is 0 Å². The van der Waals surface area contributed by atoms with Crippen LogP contribution in [0.15, 0.2) is 42.5 Å². The van der Waals surface area contributed by atoms with Gasteiger partial charge in [-0.3, -0.25) is 9.59 Å². The number of rotatable bonds is 8. The van der Waals surface area contributed by atoms with E-state index in [0.29, 0.717) is 33.9 Å². The summed E-state index contributed by atoms with van der Waals surface area (Å²) in [7, 11) is 4.52. The van der Waals surface area contributed by atoms with Crippen LogP contribution >= 0.6 is 0 Å². The number of hydrogen-bond donors (Lipinski definition) is 1. The molecule has 6 nitrogen and oxygen atoms in total. The second-order valence-corrected chi connectivity index (χ2v) is 5.38. The van der Waals surface area contributed by atoms with Crippen LogP contribution in [0.3, 0.4) is 0 Å². The Morgan fingerprint density at radius 2 is 1.73 bits per heavy atom. The zero-order chi connectivity index (χ0) is 19.1. The third-order valence-corrected chi connectivity index (χ3v) is 3.75. The average Bonchev–Trinajstić information content (AvgIpc) is 2.64. The maximum atomic E-state index is 12.5. The minimum atomic E-state index is -0.996. The first-order chi connectivity index (χ1) is 12.5. The van der Waals surface area contributed by atoms with Crippen LogP contribution in [0, 0.1) is 0 Å². The SMILES string of the molecule is COc1ccc(C(=O)C=Cc2cccc(OC)c2OC)cc1CC(=O)O. The normalized spacial score (nSPS) is 10.6. The quantitative estimate of drug-likeness (QED) is 0.578. The fraction of sp³-hybridized carbons (Fsp3) is 0.200. The molecule has 0 atom stereocenters. The van der Waals surface area contributed by atoms with Crippen LogP contribution in [-0.2, 0) is 11.2 Å². The van der Waals surface area contributed by atoms with Crippen molar-refractivity contribution in [2.75, 3.05) is 21.3 Å². The molecule has 0 saturated heterocycles. The lowest BCUT2D eigenvalue weighted by atomic mass is 10.0. The van der Waals surface area contributed by atoms with E-state index in [0.717, 1.165) is 0 Å². The van der Waals surface area contributed by atoms with E-state index in [2.05, 4.69) is 0 Å². The topological polar surface area (TPSA) is 82.1 Å². The largest absolute Gasteiger partial charge is 0.496 e.